The van der Waals surface area contributed by atoms with E-state index in [0.717, 1.165) is 17.1 Å². The quantitative estimate of drug-likeness (QED) is 0.178. The summed E-state index contributed by atoms with van der Waals surface area (Å²) in [6.45, 7) is 3.66. The van der Waals surface area contributed by atoms with Crippen LogP contribution in [0.2, 0.25) is 0 Å². The Kier molecular flexibility index (Phi) is 9.12. The molecule has 11 nitrogen and oxygen atoms in total. The normalized spacial score (nSPS) is 15.6. The van der Waals surface area contributed by atoms with E-state index in [1.54, 1.807) is 18.0 Å². The van der Waals surface area contributed by atoms with Crippen molar-refractivity contribution in [3.63, 3.8) is 0 Å². The zero-order valence-corrected chi connectivity index (χ0v) is 23.5. The van der Waals surface area contributed by atoms with E-state index < -0.39 is 10.2 Å². The minimum absolute atomic E-state index is 0.0844. The van der Waals surface area contributed by atoms with Crippen LogP contribution >= 0.6 is 11.8 Å². The van der Waals surface area contributed by atoms with Crippen molar-refractivity contribution >= 4 is 29.0 Å². The van der Waals surface area contributed by atoms with E-state index in [4.69, 9.17) is 24.7 Å². The highest BCUT2D eigenvalue weighted by atomic mass is 32.2. The van der Waals surface area contributed by atoms with Gasteiger partial charge in [0.15, 0.2) is 11.5 Å². The van der Waals surface area contributed by atoms with Gasteiger partial charge in [-0.2, -0.15) is 0 Å². The van der Waals surface area contributed by atoms with Gasteiger partial charge in [-0.3, -0.25) is 19.8 Å². The molecular formula is C29H32N4O7S. The molecule has 41 heavy (non-hydrogen) atoms. The third-order valence-electron chi connectivity index (χ3n) is 6.85. The first-order valence-electron chi connectivity index (χ1n) is 13.3. The van der Waals surface area contributed by atoms with Crippen molar-refractivity contribution in [2.75, 3.05) is 58.1 Å². The van der Waals surface area contributed by atoms with Crippen molar-refractivity contribution in [1.29, 1.82) is 0 Å². The van der Waals surface area contributed by atoms with Crippen molar-refractivity contribution in [2.45, 2.75) is 16.6 Å². The molecule has 1 unspecified atom stereocenters. The fourth-order valence-electron chi connectivity index (χ4n) is 4.74. The Hall–Kier alpha value is -4.00. The molecular weight excluding hydrogens is 548 g/mol. The predicted octanol–water partition coefficient (Wildman–Crippen LogP) is 4.24. The minimum Gasteiger partial charge on any atom is -0.493 e. The number of carbonyl (C=O) groups is 1. The van der Waals surface area contributed by atoms with Crippen LogP contribution in [-0.2, 0) is 4.79 Å². The number of nitrogens with zero attached hydrogens (tertiary/aromatic N) is 3. The summed E-state index contributed by atoms with van der Waals surface area (Å²) in [4.78, 5) is 29.1. The van der Waals surface area contributed by atoms with Crippen LogP contribution in [-0.4, -0.2) is 69.0 Å². The van der Waals surface area contributed by atoms with Crippen molar-refractivity contribution in [3.05, 3.63) is 76.3 Å². The van der Waals surface area contributed by atoms with Crippen LogP contribution in [0.4, 0.5) is 11.4 Å². The summed E-state index contributed by atoms with van der Waals surface area (Å²) in [5, 5.41) is 10.9. The van der Waals surface area contributed by atoms with Gasteiger partial charge in [0, 0.05) is 61.9 Å². The number of fused-ring (bicyclic) bond motifs is 2. The lowest BCUT2D eigenvalue weighted by Crippen LogP contribution is -2.34. The van der Waals surface area contributed by atoms with Crippen molar-refractivity contribution in [3.8, 4) is 23.0 Å². The number of nitro benzene ring substituents is 1. The number of anilines is 1. The lowest BCUT2D eigenvalue weighted by molar-refractivity contribution is -0.384. The van der Waals surface area contributed by atoms with Gasteiger partial charge in [-0.05, 0) is 36.8 Å². The monoisotopic (exact) mass is 580 g/mol. The van der Waals surface area contributed by atoms with Crippen LogP contribution in [0.1, 0.15) is 17.2 Å². The molecule has 1 atom stereocenters. The highest BCUT2D eigenvalue weighted by Crippen LogP contribution is 2.48. The van der Waals surface area contributed by atoms with Gasteiger partial charge in [0.05, 0.1) is 17.2 Å². The molecule has 0 bridgehead atoms. The molecule has 2 aliphatic rings. The van der Waals surface area contributed by atoms with E-state index in [2.05, 4.69) is 4.90 Å². The van der Waals surface area contributed by atoms with Crippen LogP contribution < -0.4 is 29.6 Å². The van der Waals surface area contributed by atoms with E-state index in [9.17, 15) is 14.9 Å². The largest absolute Gasteiger partial charge is 0.493 e. The summed E-state index contributed by atoms with van der Waals surface area (Å²) in [7, 11) is 1.72. The Bertz CT molecular complexity index is 1410. The second kappa shape index (κ2) is 13.1. The third-order valence-corrected chi connectivity index (χ3v) is 8.15. The highest BCUT2D eigenvalue weighted by molar-refractivity contribution is 8.00. The minimum atomic E-state index is -0.660. The molecule has 0 fully saturated rings. The summed E-state index contributed by atoms with van der Waals surface area (Å²) in [5.74, 6) is 2.40. The van der Waals surface area contributed by atoms with Crippen molar-refractivity contribution < 1.29 is 28.7 Å². The molecule has 0 spiro atoms. The summed E-state index contributed by atoms with van der Waals surface area (Å²) < 4.78 is 22.8. The van der Waals surface area contributed by atoms with Crippen LogP contribution in [0, 0.1) is 10.1 Å². The predicted molar refractivity (Wildman–Crippen MR) is 155 cm³/mol. The Morgan fingerprint density at radius 3 is 2.71 bits per heavy atom. The van der Waals surface area contributed by atoms with Crippen LogP contribution in [0.25, 0.3) is 0 Å². The zero-order chi connectivity index (χ0) is 28.8. The summed E-state index contributed by atoms with van der Waals surface area (Å²) >= 11 is 1.38. The lowest BCUT2D eigenvalue weighted by Gasteiger charge is -2.31. The third kappa shape index (κ3) is 6.67. The Morgan fingerprint density at radius 1 is 1.05 bits per heavy atom. The summed E-state index contributed by atoms with van der Waals surface area (Å²) in [6, 6.07) is 17.5. The number of benzene rings is 3. The van der Waals surface area contributed by atoms with Gasteiger partial charge in [-0.1, -0.05) is 12.1 Å². The summed E-state index contributed by atoms with van der Waals surface area (Å²) in [6.07, 6.45) is 0.689. The number of ether oxygens (including phenoxy) is 4. The van der Waals surface area contributed by atoms with E-state index in [1.165, 1.54) is 23.9 Å². The topological polar surface area (TPSA) is 130 Å². The summed E-state index contributed by atoms with van der Waals surface area (Å²) in [5.41, 5.74) is 7.05. The molecule has 0 aromatic heterocycles. The fraction of sp³-hybridized carbons (Fsp3) is 0.345. The number of amides is 1. The fourth-order valence-corrected chi connectivity index (χ4v) is 6.04. The highest BCUT2D eigenvalue weighted by Gasteiger charge is 2.35. The van der Waals surface area contributed by atoms with E-state index in [1.807, 2.05) is 42.5 Å². The maximum Gasteiger partial charge on any atom is 0.270 e. The smallest absolute Gasteiger partial charge is 0.270 e. The van der Waals surface area contributed by atoms with Crippen LogP contribution in [0.15, 0.2) is 65.6 Å². The number of hydrogen-bond donors (Lipinski definition) is 1. The molecule has 2 heterocycles. The number of para-hydroxylation sites is 1. The van der Waals surface area contributed by atoms with Crippen molar-refractivity contribution in [2.24, 2.45) is 5.73 Å². The molecule has 12 heteroatoms. The maximum absolute atomic E-state index is 13.3. The number of nitrogens with two attached hydrogens (primary N) is 1. The molecule has 3 aromatic rings. The first kappa shape index (κ1) is 28.5. The SMILES string of the molecule is CN1C(=O)C(c2cc([N+](=O)[O-])ccc2OCCCN(CCN)CCOc2ccc3c(c2)OCO3)Sc2ccccc21. The number of thioether (sulfide) groups is 1. The Balaban J connectivity index is 1.19. The first-order chi connectivity index (χ1) is 19.9. The molecule has 216 valence electrons. The van der Waals surface area contributed by atoms with Gasteiger partial charge in [0.2, 0.25) is 12.7 Å². The van der Waals surface area contributed by atoms with Gasteiger partial charge in [-0.15, -0.1) is 11.8 Å². The molecule has 0 saturated carbocycles. The van der Waals surface area contributed by atoms with Crippen LogP contribution in [0.3, 0.4) is 0 Å². The van der Waals surface area contributed by atoms with Crippen LogP contribution in [0.5, 0.6) is 23.0 Å². The number of carbonyl (C=O) groups excluding carboxylic acids is 1. The molecule has 1 amide bonds. The van der Waals surface area contributed by atoms with Gasteiger partial charge < -0.3 is 29.6 Å². The second-order valence-electron chi connectivity index (χ2n) is 9.54. The molecule has 3 aromatic carbocycles. The van der Waals surface area contributed by atoms with Gasteiger partial charge in [0.25, 0.3) is 5.69 Å². The van der Waals surface area contributed by atoms with E-state index in [-0.39, 0.29) is 18.4 Å². The molecule has 0 saturated heterocycles. The number of likely N-dealkylation sites (N-methyl/N-ethyl adjacent to an activating group) is 1. The average Bonchev–Trinajstić information content (AvgIpc) is 3.45. The Labute approximate surface area is 242 Å². The average molecular weight is 581 g/mol. The second-order valence-corrected chi connectivity index (χ2v) is 10.7. The number of nitro groups is 1. The standard InChI is InChI=1S/C29H32N4O7S/c1-31-23-5-2-3-6-27(23)41-28(29(31)34)22-17-20(33(35)36)7-9-24(22)38-15-4-12-32(13-11-30)14-16-37-21-8-10-25-26(18-21)40-19-39-25/h2-3,5-10,17-18,28H,4,11-16,19,30H2,1H3. The number of non-ortho nitro benzene ring substituents is 1. The zero-order valence-electron chi connectivity index (χ0n) is 22.7. The molecule has 5 rings (SSSR count). The molecule has 2 aliphatic heterocycles. The van der Waals surface area contributed by atoms with E-state index >= 15 is 0 Å². The Morgan fingerprint density at radius 2 is 1.88 bits per heavy atom. The molecule has 2 N–H and O–H groups in total. The van der Waals surface area contributed by atoms with Gasteiger partial charge in [-0.25, -0.2) is 0 Å². The molecule has 0 aliphatic carbocycles. The number of hydrogen-bond acceptors (Lipinski definition) is 10. The van der Waals surface area contributed by atoms with E-state index in [0.29, 0.717) is 67.8 Å². The lowest BCUT2D eigenvalue weighted by atomic mass is 10.1. The van der Waals surface area contributed by atoms with Gasteiger partial charge >= 0.3 is 0 Å². The van der Waals surface area contributed by atoms with Crippen molar-refractivity contribution in [1.82, 2.24) is 4.90 Å². The van der Waals surface area contributed by atoms with Gasteiger partial charge in [0.1, 0.15) is 23.4 Å². The number of rotatable bonds is 13. The first-order valence-corrected chi connectivity index (χ1v) is 14.2. The molecule has 0 radical (unpaired) electrons. The maximum atomic E-state index is 13.3.